The highest BCUT2D eigenvalue weighted by atomic mass is 16.4. The Hall–Kier alpha value is -5.24. The Morgan fingerprint density at radius 3 is 2.07 bits per heavy atom. The molecule has 0 bridgehead atoms. The number of hydrogen-bond donors (Lipinski definition) is 4. The maximum absolute atomic E-state index is 12.7. The predicted octanol–water partition coefficient (Wildman–Crippen LogP) is 5.41. The second-order valence-electron chi connectivity index (χ2n) is 9.84. The largest absolute Gasteiger partial charge is 0.481 e. The van der Waals surface area contributed by atoms with E-state index in [9.17, 15) is 9.59 Å². The number of benzene rings is 4. The molecule has 1 heterocycles. The number of hydrogen-bond acceptors (Lipinski definition) is 4. The monoisotopic (exact) mass is 545 g/mol. The quantitative estimate of drug-likeness (QED) is 0.130. The van der Waals surface area contributed by atoms with Crippen molar-refractivity contribution in [3.8, 4) is 11.4 Å². The number of carbonyl (C=O) groups excluding carboxylic acids is 1. The van der Waals surface area contributed by atoms with E-state index in [1.807, 2.05) is 30.3 Å². The first-order valence-corrected chi connectivity index (χ1v) is 13.5. The van der Waals surface area contributed by atoms with Gasteiger partial charge < -0.3 is 20.7 Å². The molecule has 41 heavy (non-hydrogen) atoms. The van der Waals surface area contributed by atoms with Gasteiger partial charge in [0.05, 0.1) is 17.5 Å². The van der Waals surface area contributed by atoms with E-state index in [-0.39, 0.29) is 30.6 Å². The number of carbonyl (C=O) groups is 2. The minimum atomic E-state index is -0.968. The van der Waals surface area contributed by atoms with Gasteiger partial charge in [-0.2, -0.15) is 0 Å². The molecule has 0 radical (unpaired) electrons. The Balaban J connectivity index is 1.52. The van der Waals surface area contributed by atoms with Gasteiger partial charge >= 0.3 is 5.97 Å². The number of amidine groups is 1. The van der Waals surface area contributed by atoms with Gasteiger partial charge in [-0.3, -0.25) is 15.0 Å². The summed E-state index contributed by atoms with van der Waals surface area (Å²) in [6, 6.07) is 33.7. The second-order valence-corrected chi connectivity index (χ2v) is 9.84. The van der Waals surface area contributed by atoms with Crippen LogP contribution in [0, 0.1) is 5.41 Å². The molecule has 5 N–H and O–H groups in total. The van der Waals surface area contributed by atoms with Crippen LogP contribution in [0.2, 0.25) is 0 Å². The standard InChI is InChI=1S/C33H31N5O3/c34-31(35)24-11-13-25(14-12-24)32-37-28-21-26(33(41)36-19-17-30(39)40)15-16-29(28)38(32)20-18-27(22-7-3-1-4-8-22)23-9-5-2-6-10-23/h1-16,21,27H,17-20H2,(H3,34,35)(H,36,41)(H,39,40). The van der Waals surface area contributed by atoms with Crippen molar-refractivity contribution in [2.24, 2.45) is 5.73 Å². The summed E-state index contributed by atoms with van der Waals surface area (Å²) in [5.74, 6) is -0.398. The van der Waals surface area contributed by atoms with E-state index in [0.717, 1.165) is 23.3 Å². The topological polar surface area (TPSA) is 134 Å². The average Bonchev–Trinajstić information content (AvgIpc) is 3.36. The van der Waals surface area contributed by atoms with Gasteiger partial charge in [-0.25, -0.2) is 4.98 Å². The summed E-state index contributed by atoms with van der Waals surface area (Å²) >= 11 is 0. The van der Waals surface area contributed by atoms with Crippen molar-refractivity contribution in [2.45, 2.75) is 25.3 Å². The van der Waals surface area contributed by atoms with Gasteiger partial charge in [-0.1, -0.05) is 84.9 Å². The van der Waals surface area contributed by atoms with E-state index in [1.54, 1.807) is 24.3 Å². The fourth-order valence-electron chi connectivity index (χ4n) is 5.06. The van der Waals surface area contributed by atoms with Crippen LogP contribution in [-0.2, 0) is 11.3 Å². The minimum absolute atomic E-state index is 0.00262. The molecule has 0 aliphatic rings. The lowest BCUT2D eigenvalue weighted by Gasteiger charge is -2.20. The molecule has 0 spiro atoms. The number of aryl methyl sites for hydroxylation is 1. The van der Waals surface area contributed by atoms with Gasteiger partial charge in [0.1, 0.15) is 11.7 Å². The van der Waals surface area contributed by atoms with E-state index >= 15 is 0 Å². The molecule has 8 heteroatoms. The summed E-state index contributed by atoms with van der Waals surface area (Å²) in [6.07, 6.45) is 0.669. The smallest absolute Gasteiger partial charge is 0.305 e. The number of carboxylic acids is 1. The predicted molar refractivity (Wildman–Crippen MR) is 160 cm³/mol. The number of nitrogens with zero attached hydrogens (tertiary/aromatic N) is 2. The molecule has 0 saturated heterocycles. The molecule has 1 aromatic heterocycles. The van der Waals surface area contributed by atoms with Gasteiger partial charge in [-0.15, -0.1) is 0 Å². The van der Waals surface area contributed by atoms with Crippen LogP contribution in [-0.4, -0.2) is 38.9 Å². The maximum Gasteiger partial charge on any atom is 0.305 e. The minimum Gasteiger partial charge on any atom is -0.481 e. The summed E-state index contributed by atoms with van der Waals surface area (Å²) < 4.78 is 2.17. The zero-order valence-corrected chi connectivity index (χ0v) is 22.5. The molecule has 0 aliphatic heterocycles. The van der Waals surface area contributed by atoms with Crippen molar-refractivity contribution in [1.29, 1.82) is 5.41 Å². The Labute approximate surface area is 238 Å². The van der Waals surface area contributed by atoms with Crippen LogP contribution in [0.4, 0.5) is 0 Å². The highest BCUT2D eigenvalue weighted by molar-refractivity contribution is 5.98. The third-order valence-electron chi connectivity index (χ3n) is 7.13. The number of nitrogens with one attached hydrogen (secondary N) is 2. The Morgan fingerprint density at radius 1 is 0.878 bits per heavy atom. The molecular weight excluding hydrogens is 514 g/mol. The number of aliphatic carboxylic acids is 1. The van der Waals surface area contributed by atoms with E-state index < -0.39 is 5.97 Å². The number of carboxylic acid groups (broad SMARTS) is 1. The lowest BCUT2D eigenvalue weighted by atomic mass is 9.88. The van der Waals surface area contributed by atoms with Crippen molar-refractivity contribution >= 4 is 28.7 Å². The van der Waals surface area contributed by atoms with E-state index in [1.165, 1.54) is 11.1 Å². The maximum atomic E-state index is 12.7. The first-order valence-electron chi connectivity index (χ1n) is 13.5. The second kappa shape index (κ2) is 12.3. The molecule has 5 rings (SSSR count). The average molecular weight is 546 g/mol. The van der Waals surface area contributed by atoms with Crippen molar-refractivity contribution in [3.63, 3.8) is 0 Å². The van der Waals surface area contributed by atoms with Gasteiger partial charge in [0.2, 0.25) is 0 Å². The van der Waals surface area contributed by atoms with Crippen LogP contribution >= 0.6 is 0 Å². The van der Waals surface area contributed by atoms with Crippen LogP contribution in [0.3, 0.4) is 0 Å². The molecule has 0 saturated carbocycles. The molecule has 1 amide bonds. The number of rotatable bonds is 11. The van der Waals surface area contributed by atoms with Gasteiger partial charge in [0.25, 0.3) is 5.91 Å². The van der Waals surface area contributed by atoms with Crippen LogP contribution in [0.5, 0.6) is 0 Å². The molecule has 5 aromatic rings. The Bertz CT molecular complexity index is 1640. The van der Waals surface area contributed by atoms with Crippen LogP contribution in [0.15, 0.2) is 103 Å². The summed E-state index contributed by atoms with van der Waals surface area (Å²) in [5.41, 5.74) is 11.6. The summed E-state index contributed by atoms with van der Waals surface area (Å²) in [7, 11) is 0. The molecule has 4 aromatic carbocycles. The van der Waals surface area contributed by atoms with Gasteiger partial charge in [0.15, 0.2) is 0 Å². The highest BCUT2D eigenvalue weighted by Gasteiger charge is 2.19. The van der Waals surface area contributed by atoms with E-state index in [2.05, 4.69) is 58.4 Å². The Morgan fingerprint density at radius 2 is 1.49 bits per heavy atom. The SMILES string of the molecule is N=C(N)c1ccc(-c2nc3cc(C(=O)NCCC(=O)O)ccc3n2CCC(c2ccccc2)c2ccccc2)cc1. The fourth-order valence-corrected chi connectivity index (χ4v) is 5.06. The molecule has 0 atom stereocenters. The first-order chi connectivity index (χ1) is 19.9. The lowest BCUT2D eigenvalue weighted by molar-refractivity contribution is -0.136. The lowest BCUT2D eigenvalue weighted by Crippen LogP contribution is -2.25. The third kappa shape index (κ3) is 6.33. The van der Waals surface area contributed by atoms with E-state index in [4.69, 9.17) is 21.2 Å². The first kappa shape index (κ1) is 27.3. The molecule has 0 unspecified atom stereocenters. The van der Waals surface area contributed by atoms with Gasteiger partial charge in [-0.05, 0) is 35.7 Å². The number of nitrogen functional groups attached to an aromatic ring is 1. The zero-order chi connectivity index (χ0) is 28.8. The van der Waals surface area contributed by atoms with Crippen molar-refractivity contribution in [3.05, 3.63) is 125 Å². The molecule has 8 nitrogen and oxygen atoms in total. The number of imidazole rings is 1. The van der Waals surface area contributed by atoms with Crippen LogP contribution in [0.25, 0.3) is 22.4 Å². The van der Waals surface area contributed by atoms with Crippen LogP contribution in [0.1, 0.15) is 45.8 Å². The van der Waals surface area contributed by atoms with Crippen molar-refractivity contribution < 1.29 is 14.7 Å². The summed E-state index contributed by atoms with van der Waals surface area (Å²) in [6.45, 7) is 0.716. The number of aromatic nitrogens is 2. The fraction of sp³-hybridized carbons (Fsp3) is 0.152. The van der Waals surface area contributed by atoms with Crippen LogP contribution < -0.4 is 11.1 Å². The number of nitrogens with two attached hydrogens (primary N) is 1. The molecular formula is C33H31N5O3. The normalized spacial score (nSPS) is 11.0. The Kier molecular flexibility index (Phi) is 8.20. The summed E-state index contributed by atoms with van der Waals surface area (Å²) in [4.78, 5) is 28.5. The molecule has 0 aliphatic carbocycles. The third-order valence-corrected chi connectivity index (χ3v) is 7.13. The van der Waals surface area contributed by atoms with Crippen molar-refractivity contribution in [2.75, 3.05) is 6.54 Å². The highest BCUT2D eigenvalue weighted by Crippen LogP contribution is 2.32. The molecule has 0 fully saturated rings. The van der Waals surface area contributed by atoms with E-state index in [0.29, 0.717) is 23.2 Å². The van der Waals surface area contributed by atoms with Gasteiger partial charge in [0, 0.05) is 35.7 Å². The molecule has 206 valence electrons. The number of fused-ring (bicyclic) bond motifs is 1. The zero-order valence-electron chi connectivity index (χ0n) is 22.5. The summed E-state index contributed by atoms with van der Waals surface area (Å²) in [5, 5.41) is 19.3. The van der Waals surface area contributed by atoms with Crippen molar-refractivity contribution in [1.82, 2.24) is 14.9 Å². The number of amides is 1.